The Balaban J connectivity index is 1.93. The third-order valence-corrected chi connectivity index (χ3v) is 3.96. The summed E-state index contributed by atoms with van der Waals surface area (Å²) in [6, 6.07) is 5.21. The predicted octanol–water partition coefficient (Wildman–Crippen LogP) is 5.00. The molecule has 28 heavy (non-hydrogen) atoms. The Labute approximate surface area is 158 Å². The first-order valence-electron chi connectivity index (χ1n) is 7.65. The Kier molecular flexibility index (Phi) is 5.00. The minimum absolute atomic E-state index is 0.0373. The van der Waals surface area contributed by atoms with Gasteiger partial charge in [-0.1, -0.05) is 11.6 Å². The van der Waals surface area contributed by atoms with E-state index in [-0.39, 0.29) is 24.0 Å². The molecule has 3 aromatic rings. The highest BCUT2D eigenvalue weighted by Gasteiger charge is 2.36. The van der Waals surface area contributed by atoms with E-state index in [4.69, 9.17) is 11.6 Å². The third kappa shape index (κ3) is 4.38. The highest BCUT2D eigenvalue weighted by molar-refractivity contribution is 6.30. The second-order valence-corrected chi connectivity index (χ2v) is 6.25. The summed E-state index contributed by atoms with van der Waals surface area (Å²) in [6.45, 7) is -0.257. The van der Waals surface area contributed by atoms with Gasteiger partial charge in [0.15, 0.2) is 0 Å². The number of benzene rings is 1. The molecule has 0 bridgehead atoms. The number of nitrogens with zero attached hydrogens (tertiary/aromatic N) is 2. The van der Waals surface area contributed by atoms with Gasteiger partial charge in [-0.05, 0) is 30.3 Å². The van der Waals surface area contributed by atoms with Crippen molar-refractivity contribution in [3.8, 4) is 0 Å². The van der Waals surface area contributed by atoms with Crippen LogP contribution in [-0.2, 0) is 18.9 Å². The maximum atomic E-state index is 12.9. The second kappa shape index (κ2) is 7.01. The summed E-state index contributed by atoms with van der Waals surface area (Å²) < 4.78 is 78.5. The van der Waals surface area contributed by atoms with Crippen molar-refractivity contribution in [3.05, 3.63) is 74.8 Å². The van der Waals surface area contributed by atoms with E-state index in [2.05, 4.69) is 10.3 Å². The molecular weight excluding hydrogens is 412 g/mol. The summed E-state index contributed by atoms with van der Waals surface area (Å²) in [5.41, 5.74) is -3.41. The number of aromatic nitrogens is 2. The largest absolute Gasteiger partial charge is 0.416 e. The maximum absolute atomic E-state index is 12.9. The zero-order chi connectivity index (χ0) is 20.7. The molecule has 4 nitrogen and oxygen atoms in total. The smallest absolute Gasteiger partial charge is 0.379 e. The fraction of sp³-hybridized carbons (Fsp3) is 0.176. The molecular formula is C17H10ClF6N3O. The van der Waals surface area contributed by atoms with Crippen LogP contribution in [0.15, 0.2) is 47.4 Å². The van der Waals surface area contributed by atoms with Gasteiger partial charge in [0.1, 0.15) is 5.65 Å². The van der Waals surface area contributed by atoms with Crippen molar-refractivity contribution in [1.82, 2.24) is 9.38 Å². The van der Waals surface area contributed by atoms with E-state index >= 15 is 0 Å². The topological polar surface area (TPSA) is 46.4 Å². The second-order valence-electron chi connectivity index (χ2n) is 5.81. The van der Waals surface area contributed by atoms with Crippen LogP contribution >= 0.6 is 11.6 Å². The molecule has 0 radical (unpaired) electrons. The lowest BCUT2D eigenvalue weighted by Gasteiger charge is -2.15. The van der Waals surface area contributed by atoms with Crippen molar-refractivity contribution in [3.63, 3.8) is 0 Å². The van der Waals surface area contributed by atoms with Crippen LogP contribution in [0, 0.1) is 0 Å². The van der Waals surface area contributed by atoms with Gasteiger partial charge >= 0.3 is 12.4 Å². The molecule has 0 fully saturated rings. The average Bonchev–Trinajstić information content (AvgIpc) is 2.59. The van der Waals surface area contributed by atoms with Gasteiger partial charge in [0.25, 0.3) is 5.56 Å². The van der Waals surface area contributed by atoms with E-state index in [1.807, 2.05) is 0 Å². The molecule has 11 heteroatoms. The first-order chi connectivity index (χ1) is 12.9. The number of fused-ring (bicyclic) bond motifs is 1. The highest BCUT2D eigenvalue weighted by Crippen LogP contribution is 2.37. The molecule has 0 saturated carbocycles. The number of hydrogen-bond donors (Lipinski definition) is 1. The number of pyridine rings is 1. The van der Waals surface area contributed by atoms with Gasteiger partial charge in [-0.25, -0.2) is 4.98 Å². The van der Waals surface area contributed by atoms with Crippen LogP contribution in [0.1, 0.15) is 16.8 Å². The SMILES string of the molecule is O=c1cc(CNc2cc(C(F)(F)F)cc(C(F)(F)F)c2)nc2ccc(Cl)cn12. The fourth-order valence-corrected chi connectivity index (χ4v) is 2.63. The lowest BCUT2D eigenvalue weighted by molar-refractivity contribution is -0.143. The molecule has 0 aliphatic carbocycles. The van der Waals surface area contributed by atoms with Crippen LogP contribution in [0.4, 0.5) is 32.0 Å². The fourth-order valence-electron chi connectivity index (χ4n) is 2.47. The van der Waals surface area contributed by atoms with Gasteiger partial charge in [-0.3, -0.25) is 9.20 Å². The molecule has 0 spiro atoms. The minimum atomic E-state index is -4.95. The summed E-state index contributed by atoms with van der Waals surface area (Å²) in [5, 5.41) is 2.75. The van der Waals surface area contributed by atoms with Crippen LogP contribution in [0.2, 0.25) is 5.02 Å². The molecule has 148 valence electrons. The standard InChI is InChI=1S/C17H10ClF6N3O/c18-11-1-2-14-26-13(6-15(28)27(14)8-11)7-25-12-4-9(16(19,20)21)3-10(5-12)17(22,23)24/h1-6,8,25H,7H2. The summed E-state index contributed by atoms with van der Waals surface area (Å²) in [5.74, 6) is 0. The Morgan fingerprint density at radius 3 is 2.14 bits per heavy atom. The highest BCUT2D eigenvalue weighted by atomic mass is 35.5. The van der Waals surface area contributed by atoms with Crippen molar-refractivity contribution < 1.29 is 26.3 Å². The quantitative estimate of drug-likeness (QED) is 0.606. The van der Waals surface area contributed by atoms with Gasteiger partial charge < -0.3 is 5.32 Å². The number of halogens is 7. The molecule has 0 aliphatic rings. The lowest BCUT2D eigenvalue weighted by atomic mass is 10.1. The number of alkyl halides is 6. The van der Waals surface area contributed by atoms with Crippen LogP contribution in [0.25, 0.3) is 5.65 Å². The van der Waals surface area contributed by atoms with Gasteiger partial charge in [0, 0.05) is 18.0 Å². The zero-order valence-electron chi connectivity index (χ0n) is 13.7. The van der Waals surface area contributed by atoms with E-state index in [1.54, 1.807) is 0 Å². The zero-order valence-corrected chi connectivity index (χ0v) is 14.5. The molecule has 0 unspecified atom stereocenters. The number of rotatable bonds is 3. The van der Waals surface area contributed by atoms with Gasteiger partial charge in [-0.2, -0.15) is 26.3 Å². The normalized spacial score (nSPS) is 12.4. The maximum Gasteiger partial charge on any atom is 0.416 e. The Morgan fingerprint density at radius 1 is 0.964 bits per heavy atom. The van der Waals surface area contributed by atoms with Crippen molar-refractivity contribution >= 4 is 22.9 Å². The number of nitrogens with one attached hydrogen (secondary N) is 1. The molecule has 0 aliphatic heterocycles. The van der Waals surface area contributed by atoms with Crippen molar-refractivity contribution in [1.29, 1.82) is 0 Å². The molecule has 0 saturated heterocycles. The van der Waals surface area contributed by atoms with Gasteiger partial charge in [0.05, 0.1) is 28.4 Å². The molecule has 1 N–H and O–H groups in total. The molecule has 3 rings (SSSR count). The first-order valence-corrected chi connectivity index (χ1v) is 8.02. The predicted molar refractivity (Wildman–Crippen MR) is 90.2 cm³/mol. The molecule has 0 amide bonds. The van der Waals surface area contributed by atoms with E-state index in [0.29, 0.717) is 17.2 Å². The summed E-state index contributed by atoms with van der Waals surface area (Å²) in [7, 11) is 0. The summed E-state index contributed by atoms with van der Waals surface area (Å²) in [6.07, 6.45) is -8.56. The number of anilines is 1. The molecule has 2 heterocycles. The van der Waals surface area contributed by atoms with E-state index < -0.39 is 34.7 Å². The monoisotopic (exact) mass is 421 g/mol. The molecule has 0 atom stereocenters. The Morgan fingerprint density at radius 2 is 1.57 bits per heavy atom. The van der Waals surface area contributed by atoms with Gasteiger partial charge in [-0.15, -0.1) is 0 Å². The van der Waals surface area contributed by atoms with Crippen molar-refractivity contribution in [2.75, 3.05) is 5.32 Å². The molecule has 2 aromatic heterocycles. The Bertz CT molecular complexity index is 1060. The lowest BCUT2D eigenvalue weighted by Crippen LogP contribution is -2.17. The van der Waals surface area contributed by atoms with Gasteiger partial charge in [0.2, 0.25) is 0 Å². The van der Waals surface area contributed by atoms with Crippen molar-refractivity contribution in [2.45, 2.75) is 18.9 Å². The minimum Gasteiger partial charge on any atom is -0.379 e. The first kappa shape index (κ1) is 20.0. The van der Waals surface area contributed by atoms with Crippen LogP contribution in [0.3, 0.4) is 0 Å². The van der Waals surface area contributed by atoms with E-state index in [1.165, 1.54) is 18.3 Å². The van der Waals surface area contributed by atoms with Crippen LogP contribution in [-0.4, -0.2) is 9.38 Å². The average molecular weight is 422 g/mol. The van der Waals surface area contributed by atoms with Crippen LogP contribution in [0.5, 0.6) is 0 Å². The van der Waals surface area contributed by atoms with E-state index in [0.717, 1.165) is 10.5 Å². The summed E-state index contributed by atoms with van der Waals surface area (Å²) >= 11 is 5.79. The molecule has 1 aromatic carbocycles. The Hall–Kier alpha value is -2.75. The van der Waals surface area contributed by atoms with Crippen molar-refractivity contribution in [2.24, 2.45) is 0 Å². The number of hydrogen-bond acceptors (Lipinski definition) is 3. The van der Waals surface area contributed by atoms with E-state index in [9.17, 15) is 31.1 Å². The summed E-state index contributed by atoms with van der Waals surface area (Å²) in [4.78, 5) is 16.2. The van der Waals surface area contributed by atoms with Crippen LogP contribution < -0.4 is 10.9 Å². The third-order valence-electron chi connectivity index (χ3n) is 3.74.